The largest absolute Gasteiger partial charge is 0.381 e. The molecule has 0 aliphatic carbocycles. The summed E-state index contributed by atoms with van der Waals surface area (Å²) in [5.41, 5.74) is 2.69. The van der Waals surface area contributed by atoms with Gasteiger partial charge in [-0.15, -0.1) is 0 Å². The second-order valence-corrected chi connectivity index (χ2v) is 5.44. The average molecular weight is 336 g/mol. The number of amides is 1. The molecule has 0 saturated carbocycles. The van der Waals surface area contributed by atoms with Gasteiger partial charge in [0.2, 0.25) is 12.2 Å². The molecular formula is C18H16N4O3. The van der Waals surface area contributed by atoms with Crippen LogP contribution in [0.25, 0.3) is 11.1 Å². The van der Waals surface area contributed by atoms with Gasteiger partial charge in [0.25, 0.3) is 0 Å². The molecule has 1 heterocycles. The van der Waals surface area contributed by atoms with Gasteiger partial charge in [-0.25, -0.2) is 0 Å². The number of para-hydroxylation sites is 1. The molecule has 0 atom stereocenters. The third kappa shape index (κ3) is 4.08. The van der Waals surface area contributed by atoms with Crippen LogP contribution < -0.4 is 5.32 Å². The molecule has 3 aromatic rings. The number of carbonyl (C=O) groups is 1. The number of carbonyl (C=O) groups excluding carboxylic acids is 1. The van der Waals surface area contributed by atoms with E-state index in [0.717, 1.165) is 16.8 Å². The van der Waals surface area contributed by atoms with Crippen LogP contribution in [-0.2, 0) is 11.3 Å². The maximum atomic E-state index is 12.2. The van der Waals surface area contributed by atoms with Crippen molar-refractivity contribution in [3.8, 4) is 11.1 Å². The first-order chi connectivity index (χ1) is 12.1. The van der Waals surface area contributed by atoms with Crippen LogP contribution in [0.4, 0.5) is 11.5 Å². The molecule has 7 heteroatoms. The van der Waals surface area contributed by atoms with E-state index in [1.807, 2.05) is 54.6 Å². The Morgan fingerprint density at radius 2 is 1.84 bits per heavy atom. The molecule has 2 aromatic carbocycles. The molecule has 0 unspecified atom stereocenters. The molecule has 0 radical (unpaired) electrons. The Hall–Kier alpha value is -3.48. The summed E-state index contributed by atoms with van der Waals surface area (Å²) in [6.07, 6.45) is 2.85. The van der Waals surface area contributed by atoms with Crippen LogP contribution in [0.2, 0.25) is 0 Å². The van der Waals surface area contributed by atoms with Crippen molar-refractivity contribution in [2.24, 2.45) is 0 Å². The minimum absolute atomic E-state index is 0.167. The Bertz CT molecular complexity index is 890. The van der Waals surface area contributed by atoms with Crippen LogP contribution in [0.15, 0.2) is 67.1 Å². The molecule has 25 heavy (non-hydrogen) atoms. The zero-order valence-corrected chi connectivity index (χ0v) is 13.3. The van der Waals surface area contributed by atoms with Crippen molar-refractivity contribution >= 4 is 17.4 Å². The van der Waals surface area contributed by atoms with Gasteiger partial charge >= 0.3 is 5.82 Å². The van der Waals surface area contributed by atoms with Crippen molar-refractivity contribution in [2.45, 2.75) is 13.0 Å². The van der Waals surface area contributed by atoms with Gasteiger partial charge in [-0.05, 0) is 21.5 Å². The highest BCUT2D eigenvalue weighted by atomic mass is 16.6. The molecule has 7 nitrogen and oxygen atoms in total. The van der Waals surface area contributed by atoms with Crippen molar-refractivity contribution in [1.29, 1.82) is 0 Å². The first-order valence-electron chi connectivity index (χ1n) is 7.74. The monoisotopic (exact) mass is 336 g/mol. The summed E-state index contributed by atoms with van der Waals surface area (Å²) in [6, 6.07) is 17.4. The van der Waals surface area contributed by atoms with Crippen LogP contribution >= 0.6 is 0 Å². The second-order valence-electron chi connectivity index (χ2n) is 5.44. The van der Waals surface area contributed by atoms with Gasteiger partial charge in [0, 0.05) is 24.2 Å². The number of imidazole rings is 1. The smallest absolute Gasteiger partial charge is 0.358 e. The third-order valence-corrected chi connectivity index (χ3v) is 3.69. The number of nitro groups is 1. The summed E-state index contributed by atoms with van der Waals surface area (Å²) < 4.78 is 1.53. The van der Waals surface area contributed by atoms with Crippen LogP contribution in [0.5, 0.6) is 0 Å². The van der Waals surface area contributed by atoms with Crippen LogP contribution in [0.3, 0.4) is 0 Å². The molecule has 1 amide bonds. The van der Waals surface area contributed by atoms with Crippen molar-refractivity contribution in [3.63, 3.8) is 0 Å². The number of nitrogens with one attached hydrogen (secondary N) is 1. The van der Waals surface area contributed by atoms with E-state index in [1.54, 1.807) is 0 Å². The summed E-state index contributed by atoms with van der Waals surface area (Å²) in [7, 11) is 0. The predicted molar refractivity (Wildman–Crippen MR) is 94.0 cm³/mol. The minimum atomic E-state index is -0.563. The van der Waals surface area contributed by atoms with Gasteiger partial charge < -0.3 is 20.0 Å². The Morgan fingerprint density at radius 3 is 2.56 bits per heavy atom. The lowest BCUT2D eigenvalue weighted by Crippen LogP contribution is -2.14. The number of aryl methyl sites for hydroxylation is 1. The lowest BCUT2D eigenvalue weighted by Gasteiger charge is -2.11. The van der Waals surface area contributed by atoms with E-state index in [2.05, 4.69) is 10.3 Å². The van der Waals surface area contributed by atoms with E-state index in [4.69, 9.17) is 0 Å². The number of aromatic nitrogens is 2. The molecule has 0 saturated heterocycles. The molecule has 0 aliphatic heterocycles. The molecule has 1 N–H and O–H groups in total. The van der Waals surface area contributed by atoms with Gasteiger partial charge in [-0.1, -0.05) is 48.5 Å². The van der Waals surface area contributed by atoms with Crippen LogP contribution in [0.1, 0.15) is 6.42 Å². The maximum absolute atomic E-state index is 12.2. The van der Waals surface area contributed by atoms with E-state index in [0.29, 0.717) is 6.54 Å². The Kier molecular flexibility index (Phi) is 4.84. The fourth-order valence-corrected chi connectivity index (χ4v) is 2.47. The summed E-state index contributed by atoms with van der Waals surface area (Å²) in [5, 5.41) is 13.5. The molecule has 126 valence electrons. The van der Waals surface area contributed by atoms with Crippen LogP contribution in [0, 0.1) is 10.1 Å². The fraction of sp³-hybridized carbons (Fsp3) is 0.111. The zero-order chi connectivity index (χ0) is 17.6. The van der Waals surface area contributed by atoms with Crippen molar-refractivity contribution < 1.29 is 9.72 Å². The minimum Gasteiger partial charge on any atom is -0.358 e. The second kappa shape index (κ2) is 7.39. The van der Waals surface area contributed by atoms with Gasteiger partial charge in [-0.2, -0.15) is 0 Å². The third-order valence-electron chi connectivity index (χ3n) is 3.69. The maximum Gasteiger partial charge on any atom is 0.381 e. The van der Waals surface area contributed by atoms with E-state index in [-0.39, 0.29) is 18.1 Å². The number of nitrogens with zero attached hydrogens (tertiary/aromatic N) is 3. The number of rotatable bonds is 6. The molecule has 0 aliphatic rings. The highest BCUT2D eigenvalue weighted by molar-refractivity contribution is 5.95. The Morgan fingerprint density at radius 1 is 1.12 bits per heavy atom. The van der Waals surface area contributed by atoms with Gasteiger partial charge in [0.05, 0.1) is 0 Å². The standard InChI is InChI=1S/C18H16N4O3/c23-18(10-11-21-12-17(19-13-21)22(24)25)20-16-9-5-4-8-15(16)14-6-2-1-3-7-14/h1-9,12-13H,10-11H2,(H,20,23). The first kappa shape index (κ1) is 16.4. The summed E-state index contributed by atoms with van der Waals surface area (Å²) in [4.78, 5) is 25.9. The summed E-state index contributed by atoms with van der Waals surface area (Å²) in [6.45, 7) is 0.320. The van der Waals surface area contributed by atoms with E-state index >= 15 is 0 Å². The van der Waals surface area contributed by atoms with Crippen LogP contribution in [-0.4, -0.2) is 20.4 Å². The molecule has 0 spiro atoms. The molecule has 3 rings (SSSR count). The van der Waals surface area contributed by atoms with Crippen molar-refractivity contribution in [2.75, 3.05) is 5.32 Å². The number of hydrogen-bond donors (Lipinski definition) is 1. The highest BCUT2D eigenvalue weighted by Gasteiger charge is 2.12. The van der Waals surface area contributed by atoms with Crippen molar-refractivity contribution in [3.05, 3.63) is 77.2 Å². The fourth-order valence-electron chi connectivity index (χ4n) is 2.47. The summed E-state index contributed by atoms with van der Waals surface area (Å²) >= 11 is 0. The highest BCUT2D eigenvalue weighted by Crippen LogP contribution is 2.27. The number of benzene rings is 2. The number of anilines is 1. The van der Waals surface area contributed by atoms with Gasteiger partial charge in [-0.3, -0.25) is 4.79 Å². The normalized spacial score (nSPS) is 10.4. The molecule has 0 fully saturated rings. The van der Waals surface area contributed by atoms with E-state index < -0.39 is 4.92 Å². The average Bonchev–Trinajstić information content (AvgIpc) is 3.11. The molecule has 0 bridgehead atoms. The van der Waals surface area contributed by atoms with Crippen molar-refractivity contribution in [1.82, 2.24) is 9.55 Å². The molecular weight excluding hydrogens is 320 g/mol. The van der Waals surface area contributed by atoms with E-state index in [1.165, 1.54) is 17.1 Å². The van der Waals surface area contributed by atoms with Gasteiger partial charge in [0.15, 0.2) is 0 Å². The lowest BCUT2D eigenvalue weighted by atomic mass is 10.0. The number of hydrogen-bond acceptors (Lipinski definition) is 4. The first-order valence-corrected chi connectivity index (χ1v) is 7.74. The zero-order valence-electron chi connectivity index (χ0n) is 13.3. The topological polar surface area (TPSA) is 90.1 Å². The lowest BCUT2D eigenvalue weighted by molar-refractivity contribution is -0.389. The molecule has 1 aromatic heterocycles. The van der Waals surface area contributed by atoms with Gasteiger partial charge in [0.1, 0.15) is 6.20 Å². The SMILES string of the molecule is O=C(CCn1cnc([N+](=O)[O-])c1)Nc1ccccc1-c1ccccc1. The Labute approximate surface area is 144 Å². The quantitative estimate of drug-likeness (QED) is 0.551. The van der Waals surface area contributed by atoms with E-state index in [9.17, 15) is 14.9 Å². The Balaban J connectivity index is 1.66. The summed E-state index contributed by atoms with van der Waals surface area (Å²) in [5.74, 6) is -0.394. The predicted octanol–water partition coefficient (Wildman–Crippen LogP) is 3.49.